The van der Waals surface area contributed by atoms with E-state index in [1.165, 1.54) is 17.1 Å². The number of imidazole rings is 2. The average molecular weight is 652 g/mol. The van der Waals surface area contributed by atoms with Gasteiger partial charge >= 0.3 is 13.5 Å². The van der Waals surface area contributed by atoms with Gasteiger partial charge in [0.05, 0.1) is 25.7 Å². The number of nitrogens with two attached hydrogens (primary N) is 1. The highest BCUT2D eigenvalue weighted by Gasteiger charge is 2.51. The molecule has 2 bridgehead atoms. The molecule has 4 aromatic rings. The number of rotatable bonds is 1. The highest BCUT2D eigenvalue weighted by atomic mass is 32.7. The van der Waals surface area contributed by atoms with Gasteiger partial charge in [-0.1, -0.05) is 19.7 Å². The minimum absolute atomic E-state index is 0. The molecule has 6 heterocycles. The summed E-state index contributed by atoms with van der Waals surface area (Å²) in [6.45, 7) is -9.13. The largest absolute Gasteiger partial charge is 0.387 e. The second kappa shape index (κ2) is 11.4. The summed E-state index contributed by atoms with van der Waals surface area (Å²) in [5, 5.41) is 0. The van der Waals surface area contributed by atoms with Gasteiger partial charge in [0, 0.05) is 6.54 Å². The number of thiol groups is 1. The van der Waals surface area contributed by atoms with Crippen molar-refractivity contribution in [1.82, 2.24) is 39.0 Å². The number of halogens is 1. The Hall–Kier alpha value is -2.38. The molecular formula is C19H24FN9O8P2S2. The Morgan fingerprint density at radius 1 is 1.24 bits per heavy atom. The number of ether oxygens (including phenoxy) is 1. The maximum Gasteiger partial charge on any atom is 0.387 e. The Bertz CT molecular complexity index is 1750. The highest BCUT2D eigenvalue weighted by molar-refractivity contribution is 8.44. The molecule has 0 saturated carbocycles. The molecule has 222 valence electrons. The van der Waals surface area contributed by atoms with Gasteiger partial charge in [0.15, 0.2) is 29.2 Å². The van der Waals surface area contributed by atoms with E-state index >= 15 is 4.39 Å². The summed E-state index contributed by atoms with van der Waals surface area (Å²) in [5.41, 5.74) is 5.69. The highest BCUT2D eigenvalue weighted by Crippen LogP contribution is 2.57. The SMILES string of the molecule is C.Nc1nc2c(ncn2[C@@H]2O[C@@H]3COP(O)(=S)OCCn4c(nc5cncnc54)COP(=O)(S)O[C@@H]2[C@H]3F)c(=O)[nH]1. The fraction of sp³-hybridized carbons (Fsp3) is 0.474. The van der Waals surface area contributed by atoms with Crippen molar-refractivity contribution in [3.05, 3.63) is 35.0 Å². The van der Waals surface area contributed by atoms with E-state index in [0.717, 1.165) is 6.33 Å². The van der Waals surface area contributed by atoms with E-state index in [9.17, 15) is 14.3 Å². The van der Waals surface area contributed by atoms with Gasteiger partial charge in [-0.3, -0.25) is 23.4 Å². The van der Waals surface area contributed by atoms with Crippen LogP contribution in [0.3, 0.4) is 0 Å². The van der Waals surface area contributed by atoms with Crippen molar-refractivity contribution in [1.29, 1.82) is 0 Å². The van der Waals surface area contributed by atoms with Crippen LogP contribution >= 0.6 is 25.8 Å². The molecule has 2 aliphatic heterocycles. The van der Waals surface area contributed by atoms with Gasteiger partial charge in [-0.15, -0.1) is 0 Å². The predicted octanol–water partition coefficient (Wildman–Crippen LogP) is 1.62. The van der Waals surface area contributed by atoms with E-state index in [4.69, 9.17) is 40.4 Å². The lowest BCUT2D eigenvalue weighted by atomic mass is 10.1. The fourth-order valence-corrected chi connectivity index (χ4v) is 6.84. The zero-order chi connectivity index (χ0) is 28.2. The summed E-state index contributed by atoms with van der Waals surface area (Å²) in [6.07, 6.45) is -2.48. The van der Waals surface area contributed by atoms with E-state index in [0.29, 0.717) is 11.2 Å². The molecule has 1 fully saturated rings. The zero-order valence-corrected chi connectivity index (χ0v) is 23.5. The van der Waals surface area contributed by atoms with E-state index in [1.807, 2.05) is 0 Å². The van der Waals surface area contributed by atoms with Crippen molar-refractivity contribution in [3.8, 4) is 0 Å². The van der Waals surface area contributed by atoms with Gasteiger partial charge < -0.3 is 29.0 Å². The van der Waals surface area contributed by atoms with E-state index in [2.05, 4.69) is 42.2 Å². The molecule has 1 saturated heterocycles. The molecule has 4 aromatic heterocycles. The molecule has 4 N–H and O–H groups in total. The molecule has 22 heteroatoms. The number of nitrogens with zero attached hydrogens (tertiary/aromatic N) is 7. The molecule has 0 amide bonds. The van der Waals surface area contributed by atoms with Gasteiger partial charge in [-0.25, -0.2) is 28.9 Å². The number of aromatic nitrogens is 8. The van der Waals surface area contributed by atoms with Crippen LogP contribution in [0.1, 0.15) is 19.5 Å². The van der Waals surface area contributed by atoms with E-state index in [1.54, 1.807) is 4.57 Å². The van der Waals surface area contributed by atoms with Crippen molar-refractivity contribution < 1.29 is 36.7 Å². The Balaban J connectivity index is 0.00000337. The van der Waals surface area contributed by atoms with Crippen LogP contribution < -0.4 is 11.3 Å². The van der Waals surface area contributed by atoms with Crippen molar-refractivity contribution in [2.45, 2.75) is 45.2 Å². The van der Waals surface area contributed by atoms with Crippen LogP contribution in [-0.4, -0.2) is 75.5 Å². The molecule has 0 aliphatic carbocycles. The molecule has 6 rings (SSSR count). The number of H-pyrrole nitrogens is 1. The molecule has 0 radical (unpaired) electrons. The molecule has 2 unspecified atom stereocenters. The topological polar surface area (TPSA) is 217 Å². The van der Waals surface area contributed by atoms with Crippen molar-refractivity contribution >= 4 is 65.8 Å². The number of hydrogen-bond acceptors (Lipinski definition) is 14. The van der Waals surface area contributed by atoms with Crippen LogP contribution in [0.4, 0.5) is 10.3 Å². The number of alkyl halides is 1. The Morgan fingerprint density at radius 2 is 2.05 bits per heavy atom. The summed E-state index contributed by atoms with van der Waals surface area (Å²) in [5.74, 6) is 0.0159. The Morgan fingerprint density at radius 3 is 2.85 bits per heavy atom. The van der Waals surface area contributed by atoms with Crippen LogP contribution in [0.2, 0.25) is 0 Å². The van der Waals surface area contributed by atoms with Gasteiger partial charge in [-0.2, -0.15) is 4.98 Å². The smallest absolute Gasteiger partial charge is 0.369 e. The Labute approximate surface area is 240 Å². The average Bonchev–Trinajstić information content (AvgIpc) is 3.55. The van der Waals surface area contributed by atoms with Gasteiger partial charge in [-0.05, 0) is 11.8 Å². The van der Waals surface area contributed by atoms with Gasteiger partial charge in [0.1, 0.15) is 36.5 Å². The van der Waals surface area contributed by atoms with Crippen LogP contribution in [0, 0.1) is 0 Å². The zero-order valence-electron chi connectivity index (χ0n) is 20.0. The molecule has 2 aliphatic rings. The van der Waals surface area contributed by atoms with Crippen LogP contribution in [0.15, 0.2) is 23.6 Å². The minimum Gasteiger partial charge on any atom is -0.369 e. The van der Waals surface area contributed by atoms with Crippen LogP contribution in [-0.2, 0) is 52.4 Å². The maximum atomic E-state index is 15.8. The second-order valence-electron chi connectivity index (χ2n) is 8.61. The number of hydrogen-bond donors (Lipinski definition) is 4. The van der Waals surface area contributed by atoms with E-state index < -0.39 is 50.3 Å². The third kappa shape index (κ3) is 5.94. The molecular weight excluding hydrogens is 627 g/mol. The fourth-order valence-electron chi connectivity index (χ4n) is 4.34. The number of nitrogens with one attached hydrogen (secondary N) is 1. The number of fused-ring (bicyclic) bond motifs is 6. The third-order valence-electron chi connectivity index (χ3n) is 6.06. The number of nitrogen functional groups attached to an aromatic ring is 1. The van der Waals surface area contributed by atoms with Gasteiger partial charge in [0.25, 0.3) is 5.56 Å². The first-order valence-corrected chi connectivity index (χ1v) is 16.7. The summed E-state index contributed by atoms with van der Waals surface area (Å²) in [6, 6.07) is 0. The number of anilines is 1. The summed E-state index contributed by atoms with van der Waals surface area (Å²) < 4.78 is 59.6. The molecule has 0 spiro atoms. The third-order valence-corrected chi connectivity index (χ3v) is 9.27. The van der Waals surface area contributed by atoms with E-state index in [-0.39, 0.29) is 50.1 Å². The summed E-state index contributed by atoms with van der Waals surface area (Å²) in [7, 11) is 0. The first-order chi connectivity index (χ1) is 19.0. The lowest BCUT2D eigenvalue weighted by molar-refractivity contribution is -0.0453. The second-order valence-corrected chi connectivity index (χ2v) is 14.3. The van der Waals surface area contributed by atoms with Crippen LogP contribution in [0.25, 0.3) is 22.3 Å². The molecule has 41 heavy (non-hydrogen) atoms. The van der Waals surface area contributed by atoms with Crippen molar-refractivity contribution in [3.63, 3.8) is 0 Å². The van der Waals surface area contributed by atoms with Crippen LogP contribution in [0.5, 0.6) is 0 Å². The number of aromatic amines is 1. The molecule has 6 atom stereocenters. The molecule has 0 aromatic carbocycles. The maximum absolute atomic E-state index is 15.8. The lowest BCUT2D eigenvalue weighted by Crippen LogP contribution is -2.32. The predicted molar refractivity (Wildman–Crippen MR) is 148 cm³/mol. The first kappa shape index (κ1) is 30.1. The lowest BCUT2D eigenvalue weighted by Gasteiger charge is -2.24. The monoisotopic (exact) mass is 651 g/mol. The standard InChI is InChI=1S/C18H20FN9O8P2S2.CH4/c19-11-9-4-33-37(30,39)32-2-1-27-10(24-8-3-21-6-22-14(8)27)5-34-38(31,40)36-13(11)17(35-9)28-7-23-12-15(28)25-18(20)26-16(12)29;/h3,6-7,9,11,13,17H,1-2,4-5H2,(H,30,39)(H,31,40)(H3,20,25,26,29);1H4/t9-,11+,13-,17-,37?,38?;/m1./s1. The summed E-state index contributed by atoms with van der Waals surface area (Å²) >= 11 is 9.13. The first-order valence-electron chi connectivity index (χ1n) is 11.5. The minimum atomic E-state index is -4.30. The normalized spacial score (nSPS) is 31.3. The Kier molecular flexibility index (Phi) is 8.34. The quantitative estimate of drug-likeness (QED) is 0.170. The van der Waals surface area contributed by atoms with Crippen molar-refractivity contribution in [2.24, 2.45) is 0 Å². The van der Waals surface area contributed by atoms with Gasteiger partial charge in [0.2, 0.25) is 5.95 Å². The molecule has 17 nitrogen and oxygen atoms in total. The summed E-state index contributed by atoms with van der Waals surface area (Å²) in [4.78, 5) is 45.7. The van der Waals surface area contributed by atoms with Crippen molar-refractivity contribution in [2.75, 3.05) is 18.9 Å².